The maximum Gasteiger partial charge on any atom is 0.306 e. The Bertz CT molecular complexity index is 399. The quantitative estimate of drug-likeness (QED) is 0.766. The fourth-order valence-corrected chi connectivity index (χ4v) is 3.79. The number of fused-ring (bicyclic) bond motifs is 1. The molecule has 0 aromatic heterocycles. The molecule has 100 valence electrons. The minimum absolute atomic E-state index is 0.0289. The van der Waals surface area contributed by atoms with Gasteiger partial charge in [0, 0.05) is 12.3 Å². The predicted molar refractivity (Wildman–Crippen MR) is 69.1 cm³/mol. The normalized spacial score (nSPS) is 38.1. The van der Waals surface area contributed by atoms with E-state index in [0.29, 0.717) is 18.8 Å². The summed E-state index contributed by atoms with van der Waals surface area (Å²) in [5, 5.41) is 9.10. The Labute approximate surface area is 108 Å². The monoisotopic (exact) mass is 250 g/mol. The highest BCUT2D eigenvalue weighted by Crippen LogP contribution is 2.53. The molecule has 4 atom stereocenters. The molecule has 0 radical (unpaired) electrons. The Hall–Kier alpha value is -1.12. The first kappa shape index (κ1) is 13.3. The first-order valence-corrected chi connectivity index (χ1v) is 6.78. The van der Waals surface area contributed by atoms with Gasteiger partial charge in [0.2, 0.25) is 0 Å². The number of ketones is 1. The molecule has 2 fully saturated rings. The summed E-state index contributed by atoms with van der Waals surface area (Å²) in [4.78, 5) is 23.3. The van der Waals surface area contributed by atoms with Gasteiger partial charge in [-0.05, 0) is 37.0 Å². The van der Waals surface area contributed by atoms with Crippen molar-refractivity contribution in [3.8, 4) is 0 Å². The molecule has 0 aromatic carbocycles. The van der Waals surface area contributed by atoms with Crippen LogP contribution in [-0.2, 0) is 9.59 Å². The van der Waals surface area contributed by atoms with Crippen molar-refractivity contribution in [1.29, 1.82) is 0 Å². The van der Waals surface area contributed by atoms with E-state index in [4.69, 9.17) is 5.11 Å². The summed E-state index contributed by atoms with van der Waals surface area (Å²) >= 11 is 0. The van der Waals surface area contributed by atoms with E-state index in [0.717, 1.165) is 19.3 Å². The van der Waals surface area contributed by atoms with Gasteiger partial charge in [-0.3, -0.25) is 9.59 Å². The largest absolute Gasteiger partial charge is 0.481 e. The summed E-state index contributed by atoms with van der Waals surface area (Å²) in [6.45, 7) is 7.97. The maximum atomic E-state index is 12.2. The number of hydrogen-bond acceptors (Lipinski definition) is 2. The molecule has 0 spiro atoms. The Morgan fingerprint density at radius 2 is 2.22 bits per heavy atom. The van der Waals surface area contributed by atoms with E-state index < -0.39 is 11.9 Å². The smallest absolute Gasteiger partial charge is 0.306 e. The lowest BCUT2D eigenvalue weighted by Gasteiger charge is -2.48. The second-order valence-corrected chi connectivity index (χ2v) is 6.33. The average molecular weight is 250 g/mol. The van der Waals surface area contributed by atoms with Crippen molar-refractivity contribution in [3.63, 3.8) is 0 Å². The molecule has 1 N–H and O–H groups in total. The number of hydrogen-bond donors (Lipinski definition) is 1. The van der Waals surface area contributed by atoms with E-state index in [1.807, 2.05) is 0 Å². The summed E-state index contributed by atoms with van der Waals surface area (Å²) in [6.07, 6.45) is 4.41. The molecular weight excluding hydrogens is 228 g/mol. The highest BCUT2D eigenvalue weighted by Gasteiger charge is 2.48. The number of carbonyl (C=O) groups is 2. The lowest BCUT2D eigenvalue weighted by Crippen LogP contribution is -2.45. The van der Waals surface area contributed by atoms with Crippen molar-refractivity contribution in [3.05, 3.63) is 12.2 Å². The minimum atomic E-state index is -0.863. The third kappa shape index (κ3) is 2.11. The van der Waals surface area contributed by atoms with E-state index in [1.165, 1.54) is 5.57 Å². The summed E-state index contributed by atoms with van der Waals surface area (Å²) < 4.78 is 0. The molecule has 0 saturated heterocycles. The molecule has 3 heteroatoms. The second-order valence-electron chi connectivity index (χ2n) is 6.33. The molecular formula is C15H22O3. The van der Waals surface area contributed by atoms with Crippen LogP contribution in [0.2, 0.25) is 0 Å². The summed E-state index contributed by atoms with van der Waals surface area (Å²) in [5.74, 6) is -1.29. The molecule has 0 bridgehead atoms. The van der Waals surface area contributed by atoms with Gasteiger partial charge >= 0.3 is 5.97 Å². The first-order chi connectivity index (χ1) is 8.35. The standard InChI is InChI=1S/C15H22O3/c1-9-5-4-6-15(3)8-13(16)11(7-12(9)15)10(2)14(17)18/h10-12H,1,4-8H2,2-3H3,(H,17,18)/t10-,11-,12-,15+/m0/s1. The molecule has 2 aliphatic rings. The van der Waals surface area contributed by atoms with Crippen LogP contribution < -0.4 is 0 Å². The summed E-state index contributed by atoms with van der Waals surface area (Å²) in [6, 6.07) is 0. The number of allylic oxidation sites excluding steroid dienone is 1. The third-order valence-electron chi connectivity index (χ3n) is 5.05. The zero-order valence-electron chi connectivity index (χ0n) is 11.2. The zero-order valence-corrected chi connectivity index (χ0v) is 11.2. The van der Waals surface area contributed by atoms with Gasteiger partial charge in [0.05, 0.1) is 5.92 Å². The van der Waals surface area contributed by atoms with Crippen LogP contribution in [0, 0.1) is 23.2 Å². The molecule has 0 amide bonds. The van der Waals surface area contributed by atoms with Crippen molar-refractivity contribution in [2.45, 2.75) is 46.0 Å². The molecule has 0 unspecified atom stereocenters. The van der Waals surface area contributed by atoms with Crippen LogP contribution in [0.15, 0.2) is 12.2 Å². The van der Waals surface area contributed by atoms with E-state index in [9.17, 15) is 9.59 Å². The van der Waals surface area contributed by atoms with Crippen LogP contribution in [-0.4, -0.2) is 16.9 Å². The number of rotatable bonds is 2. The number of aliphatic carboxylic acids is 1. The molecule has 0 aliphatic heterocycles. The van der Waals surface area contributed by atoms with Crippen molar-refractivity contribution in [2.75, 3.05) is 0 Å². The van der Waals surface area contributed by atoms with Gasteiger partial charge in [-0.15, -0.1) is 0 Å². The molecule has 0 heterocycles. The maximum absolute atomic E-state index is 12.2. The average Bonchev–Trinajstić information content (AvgIpc) is 2.26. The van der Waals surface area contributed by atoms with Crippen LogP contribution in [0.3, 0.4) is 0 Å². The lowest BCUT2D eigenvalue weighted by atomic mass is 9.55. The highest BCUT2D eigenvalue weighted by atomic mass is 16.4. The van der Waals surface area contributed by atoms with Gasteiger partial charge in [-0.1, -0.05) is 26.0 Å². The van der Waals surface area contributed by atoms with Crippen molar-refractivity contribution in [2.24, 2.45) is 23.2 Å². The van der Waals surface area contributed by atoms with Gasteiger partial charge in [-0.2, -0.15) is 0 Å². The Morgan fingerprint density at radius 1 is 1.56 bits per heavy atom. The first-order valence-electron chi connectivity index (χ1n) is 6.78. The fraction of sp³-hybridized carbons (Fsp3) is 0.733. The number of carboxylic acids is 1. The number of carboxylic acid groups (broad SMARTS) is 1. The van der Waals surface area contributed by atoms with Gasteiger partial charge < -0.3 is 5.11 Å². The Kier molecular flexibility index (Phi) is 3.35. The van der Waals surface area contributed by atoms with Crippen molar-refractivity contribution < 1.29 is 14.7 Å². The second kappa shape index (κ2) is 4.52. The Balaban J connectivity index is 2.23. The van der Waals surface area contributed by atoms with Crippen LogP contribution in [0.1, 0.15) is 46.0 Å². The van der Waals surface area contributed by atoms with Crippen molar-refractivity contribution >= 4 is 11.8 Å². The van der Waals surface area contributed by atoms with E-state index in [-0.39, 0.29) is 17.1 Å². The van der Waals surface area contributed by atoms with Gasteiger partial charge in [0.1, 0.15) is 5.78 Å². The van der Waals surface area contributed by atoms with Gasteiger partial charge in [-0.25, -0.2) is 0 Å². The van der Waals surface area contributed by atoms with Crippen molar-refractivity contribution in [1.82, 2.24) is 0 Å². The molecule has 0 aromatic rings. The van der Waals surface area contributed by atoms with Crippen LogP contribution in [0.4, 0.5) is 0 Å². The molecule has 18 heavy (non-hydrogen) atoms. The predicted octanol–water partition coefficient (Wildman–Crippen LogP) is 3.05. The van der Waals surface area contributed by atoms with Gasteiger partial charge in [0.15, 0.2) is 0 Å². The van der Waals surface area contributed by atoms with E-state index in [1.54, 1.807) is 6.92 Å². The van der Waals surface area contributed by atoms with Crippen LogP contribution in [0.25, 0.3) is 0 Å². The Morgan fingerprint density at radius 3 is 2.83 bits per heavy atom. The number of carbonyl (C=O) groups excluding carboxylic acids is 1. The molecule has 3 nitrogen and oxygen atoms in total. The summed E-state index contributed by atoms with van der Waals surface area (Å²) in [7, 11) is 0. The third-order valence-corrected chi connectivity index (χ3v) is 5.05. The molecule has 2 aliphatic carbocycles. The zero-order chi connectivity index (χ0) is 13.5. The van der Waals surface area contributed by atoms with Gasteiger partial charge in [0.25, 0.3) is 0 Å². The van der Waals surface area contributed by atoms with Crippen LogP contribution in [0.5, 0.6) is 0 Å². The van der Waals surface area contributed by atoms with E-state index >= 15 is 0 Å². The highest BCUT2D eigenvalue weighted by molar-refractivity contribution is 5.87. The lowest BCUT2D eigenvalue weighted by molar-refractivity contribution is -0.149. The van der Waals surface area contributed by atoms with E-state index in [2.05, 4.69) is 13.5 Å². The fourth-order valence-electron chi connectivity index (χ4n) is 3.79. The summed E-state index contributed by atoms with van der Waals surface area (Å²) in [5.41, 5.74) is 1.25. The SMILES string of the molecule is C=C1CCC[C@]2(C)CC(=O)[C@H]([C@H](C)C(=O)O)C[C@@H]12. The number of Topliss-reactive ketones (excluding diaryl/α,β-unsaturated/α-hetero) is 1. The molecule has 2 rings (SSSR count). The topological polar surface area (TPSA) is 54.4 Å². The minimum Gasteiger partial charge on any atom is -0.481 e. The molecule has 2 saturated carbocycles. The van der Waals surface area contributed by atoms with Crippen LogP contribution >= 0.6 is 0 Å².